The van der Waals surface area contributed by atoms with Crippen molar-refractivity contribution in [3.8, 4) is 0 Å². The van der Waals surface area contributed by atoms with Crippen molar-refractivity contribution in [3.63, 3.8) is 0 Å². The SMILES string of the molecule is O=C(O)C(=O)CC(=O)c1ccc2ccc3ccccc3c2c1F. The van der Waals surface area contributed by atoms with Crippen LogP contribution in [-0.2, 0) is 9.59 Å². The van der Waals surface area contributed by atoms with Gasteiger partial charge in [0, 0.05) is 5.39 Å². The van der Waals surface area contributed by atoms with Crippen LogP contribution in [0.25, 0.3) is 21.5 Å². The second-order valence-electron chi connectivity index (χ2n) is 5.14. The minimum Gasteiger partial charge on any atom is -0.475 e. The number of aliphatic carboxylic acids is 1. The van der Waals surface area contributed by atoms with Crippen LogP contribution >= 0.6 is 0 Å². The standard InChI is InChI=1S/C18H11FO4/c19-17-13(14(20)9-15(21)18(22)23)8-7-11-6-5-10-3-1-2-4-12(10)16(11)17/h1-8H,9H2,(H,22,23). The Hall–Kier alpha value is -3.08. The van der Waals surface area contributed by atoms with Crippen LogP contribution < -0.4 is 0 Å². The summed E-state index contributed by atoms with van der Waals surface area (Å²) in [5.74, 6) is -4.54. The molecule has 3 aromatic rings. The lowest BCUT2D eigenvalue weighted by Crippen LogP contribution is -2.17. The molecular weight excluding hydrogens is 299 g/mol. The van der Waals surface area contributed by atoms with E-state index in [4.69, 9.17) is 5.11 Å². The Morgan fingerprint density at radius 1 is 0.913 bits per heavy atom. The number of hydrogen-bond acceptors (Lipinski definition) is 3. The van der Waals surface area contributed by atoms with E-state index in [0.29, 0.717) is 10.8 Å². The number of fused-ring (bicyclic) bond motifs is 3. The van der Waals surface area contributed by atoms with Gasteiger partial charge in [0.15, 0.2) is 5.78 Å². The van der Waals surface area contributed by atoms with Gasteiger partial charge in [-0.2, -0.15) is 0 Å². The van der Waals surface area contributed by atoms with Crippen molar-refractivity contribution in [3.05, 3.63) is 59.9 Å². The third-order valence-corrected chi connectivity index (χ3v) is 3.71. The van der Waals surface area contributed by atoms with Gasteiger partial charge in [-0.3, -0.25) is 9.59 Å². The Balaban J connectivity index is 2.18. The molecule has 0 atom stereocenters. The molecule has 3 rings (SSSR count). The fraction of sp³-hybridized carbons (Fsp3) is 0.0556. The van der Waals surface area contributed by atoms with E-state index in [9.17, 15) is 18.8 Å². The summed E-state index contributed by atoms with van der Waals surface area (Å²) >= 11 is 0. The van der Waals surface area contributed by atoms with E-state index in [1.807, 2.05) is 18.2 Å². The van der Waals surface area contributed by atoms with Gasteiger partial charge in [-0.1, -0.05) is 42.5 Å². The van der Waals surface area contributed by atoms with Gasteiger partial charge in [0.05, 0.1) is 12.0 Å². The number of ketones is 2. The number of halogens is 1. The summed E-state index contributed by atoms with van der Waals surface area (Å²) in [4.78, 5) is 33.7. The van der Waals surface area contributed by atoms with E-state index < -0.39 is 29.8 Å². The Kier molecular flexibility index (Phi) is 3.62. The van der Waals surface area contributed by atoms with Crippen molar-refractivity contribution in [2.24, 2.45) is 0 Å². The highest BCUT2D eigenvalue weighted by Crippen LogP contribution is 2.29. The summed E-state index contributed by atoms with van der Waals surface area (Å²) in [6.07, 6.45) is -0.859. The summed E-state index contributed by atoms with van der Waals surface area (Å²) in [6, 6.07) is 13.6. The Morgan fingerprint density at radius 3 is 2.30 bits per heavy atom. The third kappa shape index (κ3) is 2.57. The Morgan fingerprint density at radius 2 is 1.57 bits per heavy atom. The Bertz CT molecular complexity index is 975. The van der Waals surface area contributed by atoms with Crippen LogP contribution in [0.2, 0.25) is 0 Å². The van der Waals surface area contributed by atoms with E-state index in [1.165, 1.54) is 6.07 Å². The number of benzene rings is 3. The first-order chi connectivity index (χ1) is 11.0. The minimum absolute atomic E-state index is 0.275. The lowest BCUT2D eigenvalue weighted by molar-refractivity contribution is -0.148. The molecule has 0 heterocycles. The molecule has 0 aliphatic heterocycles. The molecule has 0 radical (unpaired) electrons. The fourth-order valence-electron chi connectivity index (χ4n) is 2.59. The van der Waals surface area contributed by atoms with Crippen LogP contribution in [0.4, 0.5) is 4.39 Å². The van der Waals surface area contributed by atoms with Gasteiger partial charge in [-0.15, -0.1) is 0 Å². The molecule has 1 N–H and O–H groups in total. The van der Waals surface area contributed by atoms with Gasteiger partial charge >= 0.3 is 5.97 Å². The molecule has 0 amide bonds. The van der Waals surface area contributed by atoms with E-state index >= 15 is 0 Å². The molecule has 4 nitrogen and oxygen atoms in total. The maximum Gasteiger partial charge on any atom is 0.372 e. The van der Waals surface area contributed by atoms with Crippen LogP contribution in [0.1, 0.15) is 16.8 Å². The summed E-state index contributed by atoms with van der Waals surface area (Å²) in [5, 5.41) is 11.0. The summed E-state index contributed by atoms with van der Waals surface area (Å²) in [5.41, 5.74) is -0.275. The highest BCUT2D eigenvalue weighted by atomic mass is 19.1. The second kappa shape index (κ2) is 5.61. The third-order valence-electron chi connectivity index (χ3n) is 3.71. The van der Waals surface area contributed by atoms with E-state index in [2.05, 4.69) is 0 Å². The molecule has 0 aliphatic carbocycles. The molecule has 0 fully saturated rings. The summed E-state index contributed by atoms with van der Waals surface area (Å²) in [7, 11) is 0. The van der Waals surface area contributed by atoms with Crippen LogP contribution in [0, 0.1) is 5.82 Å². The lowest BCUT2D eigenvalue weighted by atomic mass is 9.96. The van der Waals surface area contributed by atoms with Crippen molar-refractivity contribution in [1.29, 1.82) is 0 Å². The maximum atomic E-state index is 14.8. The Labute approximate surface area is 130 Å². The average Bonchev–Trinajstić information content (AvgIpc) is 2.54. The van der Waals surface area contributed by atoms with E-state index in [0.717, 1.165) is 5.39 Å². The molecule has 0 spiro atoms. The normalized spacial score (nSPS) is 10.8. The summed E-state index contributed by atoms with van der Waals surface area (Å²) in [6.45, 7) is 0. The molecule has 0 bridgehead atoms. The van der Waals surface area contributed by atoms with Crippen molar-refractivity contribution in [1.82, 2.24) is 0 Å². The maximum absolute atomic E-state index is 14.8. The number of carboxylic acids is 1. The van der Waals surface area contributed by atoms with Gasteiger partial charge < -0.3 is 5.11 Å². The number of carboxylic acid groups (broad SMARTS) is 1. The van der Waals surface area contributed by atoms with Gasteiger partial charge in [-0.25, -0.2) is 9.18 Å². The molecule has 0 aliphatic rings. The zero-order valence-corrected chi connectivity index (χ0v) is 11.9. The number of Topliss-reactive ketones (excluding diaryl/α,β-unsaturated/α-hetero) is 2. The van der Waals surface area contributed by atoms with Crippen molar-refractivity contribution in [2.45, 2.75) is 6.42 Å². The smallest absolute Gasteiger partial charge is 0.372 e. The van der Waals surface area contributed by atoms with Crippen molar-refractivity contribution in [2.75, 3.05) is 0 Å². The van der Waals surface area contributed by atoms with Crippen LogP contribution in [0.3, 0.4) is 0 Å². The summed E-state index contributed by atoms with van der Waals surface area (Å²) < 4.78 is 14.8. The largest absolute Gasteiger partial charge is 0.475 e. The first-order valence-corrected chi connectivity index (χ1v) is 6.88. The topological polar surface area (TPSA) is 71.4 Å². The van der Waals surface area contributed by atoms with Gasteiger partial charge in [0.2, 0.25) is 5.78 Å². The zero-order valence-electron chi connectivity index (χ0n) is 11.9. The molecule has 0 saturated carbocycles. The van der Waals surface area contributed by atoms with Crippen molar-refractivity contribution < 1.29 is 23.9 Å². The van der Waals surface area contributed by atoms with Crippen LogP contribution in [-0.4, -0.2) is 22.6 Å². The fourth-order valence-corrected chi connectivity index (χ4v) is 2.59. The van der Waals surface area contributed by atoms with E-state index in [-0.39, 0.29) is 10.9 Å². The van der Waals surface area contributed by atoms with Gasteiger partial charge in [-0.05, 0) is 22.2 Å². The highest BCUT2D eigenvalue weighted by Gasteiger charge is 2.21. The molecule has 5 heteroatoms. The van der Waals surface area contributed by atoms with Crippen LogP contribution in [0.5, 0.6) is 0 Å². The minimum atomic E-state index is -1.70. The highest BCUT2D eigenvalue weighted by molar-refractivity contribution is 6.37. The molecule has 114 valence electrons. The average molecular weight is 310 g/mol. The van der Waals surface area contributed by atoms with Crippen molar-refractivity contribution >= 4 is 39.1 Å². The predicted molar refractivity (Wildman–Crippen MR) is 83.0 cm³/mol. The zero-order chi connectivity index (χ0) is 16.6. The van der Waals surface area contributed by atoms with Gasteiger partial charge in [0.25, 0.3) is 0 Å². The first-order valence-electron chi connectivity index (χ1n) is 6.88. The first kappa shape index (κ1) is 14.8. The number of rotatable bonds is 4. The number of carbonyl (C=O) groups excluding carboxylic acids is 2. The molecular formula is C18H11FO4. The van der Waals surface area contributed by atoms with Crippen LogP contribution in [0.15, 0.2) is 48.5 Å². The molecule has 3 aromatic carbocycles. The quantitative estimate of drug-likeness (QED) is 0.347. The second-order valence-corrected chi connectivity index (χ2v) is 5.14. The molecule has 0 saturated heterocycles. The van der Waals surface area contributed by atoms with Gasteiger partial charge in [0.1, 0.15) is 5.82 Å². The molecule has 0 aromatic heterocycles. The predicted octanol–water partition coefficient (Wildman–Crippen LogP) is 3.36. The van der Waals surface area contributed by atoms with E-state index in [1.54, 1.807) is 24.3 Å². The molecule has 23 heavy (non-hydrogen) atoms. The molecule has 0 unspecified atom stereocenters. The monoisotopic (exact) mass is 310 g/mol. The lowest BCUT2D eigenvalue weighted by Gasteiger charge is -2.08. The number of carbonyl (C=O) groups is 3. The number of hydrogen-bond donors (Lipinski definition) is 1.